The van der Waals surface area contributed by atoms with E-state index in [0.717, 1.165) is 6.07 Å². The molecule has 0 radical (unpaired) electrons. The normalized spacial score (nSPS) is 9.69. The van der Waals surface area contributed by atoms with Crippen LogP contribution in [0.2, 0.25) is 0 Å². The summed E-state index contributed by atoms with van der Waals surface area (Å²) in [6.07, 6.45) is -0.972. The summed E-state index contributed by atoms with van der Waals surface area (Å²) in [5.74, 6) is -0.441. The van der Waals surface area contributed by atoms with Gasteiger partial charge in [-0.05, 0) is 6.07 Å². The van der Waals surface area contributed by atoms with Crippen molar-refractivity contribution in [2.24, 2.45) is 11.5 Å². The van der Waals surface area contributed by atoms with E-state index in [4.69, 9.17) is 11.5 Å². The molecule has 0 aromatic heterocycles. The van der Waals surface area contributed by atoms with E-state index in [1.54, 1.807) is 0 Å². The van der Waals surface area contributed by atoms with Crippen LogP contribution in [0, 0.1) is 5.82 Å². The van der Waals surface area contributed by atoms with Crippen molar-refractivity contribution in [2.75, 3.05) is 0 Å². The molecule has 0 saturated heterocycles. The van der Waals surface area contributed by atoms with E-state index in [1.165, 1.54) is 12.1 Å². The highest BCUT2D eigenvalue weighted by Gasteiger charge is 2.04. The van der Waals surface area contributed by atoms with E-state index in [9.17, 15) is 9.18 Å². The third-order valence-electron chi connectivity index (χ3n) is 1.46. The molecule has 0 spiro atoms. The quantitative estimate of drug-likeness (QED) is 0.711. The summed E-state index contributed by atoms with van der Waals surface area (Å²) < 4.78 is 17.4. The zero-order valence-corrected chi connectivity index (χ0v) is 6.79. The number of carbonyl (C=O) groups is 1. The highest BCUT2D eigenvalue weighted by Crippen LogP contribution is 2.15. The maximum Gasteiger partial charge on any atom is 0.409 e. The zero-order chi connectivity index (χ0) is 9.84. The first kappa shape index (κ1) is 9.47. The van der Waals surface area contributed by atoms with Crippen molar-refractivity contribution in [3.05, 3.63) is 29.6 Å². The third kappa shape index (κ3) is 2.41. The standard InChI is InChI=1S/C8H9FN2O2/c9-7-3-6(13-8(11)12)2-1-5(7)4-10/h1-3H,4,10H2,(H2,11,12). The smallest absolute Gasteiger partial charge is 0.409 e. The minimum Gasteiger partial charge on any atom is -0.410 e. The van der Waals surface area contributed by atoms with Gasteiger partial charge in [0.25, 0.3) is 0 Å². The third-order valence-corrected chi connectivity index (χ3v) is 1.46. The summed E-state index contributed by atoms with van der Waals surface area (Å²) in [6, 6.07) is 3.93. The predicted molar refractivity (Wildman–Crippen MR) is 44.5 cm³/mol. The van der Waals surface area contributed by atoms with Gasteiger partial charge in [-0.3, -0.25) is 0 Å². The van der Waals surface area contributed by atoms with E-state index >= 15 is 0 Å². The molecule has 13 heavy (non-hydrogen) atoms. The molecule has 1 amide bonds. The number of amides is 1. The fourth-order valence-electron chi connectivity index (χ4n) is 0.873. The second kappa shape index (κ2) is 3.86. The second-order valence-corrected chi connectivity index (χ2v) is 2.38. The van der Waals surface area contributed by atoms with Crippen molar-refractivity contribution in [3.63, 3.8) is 0 Å². The molecule has 0 heterocycles. The van der Waals surface area contributed by atoms with Crippen LogP contribution < -0.4 is 16.2 Å². The number of benzene rings is 1. The van der Waals surface area contributed by atoms with Crippen LogP contribution in [0.5, 0.6) is 5.75 Å². The lowest BCUT2D eigenvalue weighted by Crippen LogP contribution is -2.16. The van der Waals surface area contributed by atoms with E-state index in [2.05, 4.69) is 4.74 Å². The van der Waals surface area contributed by atoms with Gasteiger partial charge in [-0.2, -0.15) is 0 Å². The first-order valence-corrected chi connectivity index (χ1v) is 3.59. The molecule has 5 heteroatoms. The van der Waals surface area contributed by atoms with E-state index in [-0.39, 0.29) is 12.3 Å². The van der Waals surface area contributed by atoms with Crippen LogP contribution in [-0.2, 0) is 6.54 Å². The lowest BCUT2D eigenvalue weighted by Gasteiger charge is -2.03. The van der Waals surface area contributed by atoms with Crippen LogP contribution in [0.3, 0.4) is 0 Å². The zero-order valence-electron chi connectivity index (χ0n) is 6.79. The number of rotatable bonds is 2. The summed E-state index contributed by atoms with van der Waals surface area (Å²) in [6.45, 7) is 0.0999. The fraction of sp³-hybridized carbons (Fsp3) is 0.125. The summed E-state index contributed by atoms with van der Waals surface area (Å²) >= 11 is 0. The number of halogens is 1. The minimum absolute atomic E-state index is 0.0715. The van der Waals surface area contributed by atoms with Gasteiger partial charge in [-0.1, -0.05) is 6.07 Å². The number of carbonyl (C=O) groups excluding carboxylic acids is 1. The van der Waals surface area contributed by atoms with Crippen LogP contribution in [0.25, 0.3) is 0 Å². The number of hydrogen-bond donors (Lipinski definition) is 2. The summed E-state index contributed by atoms with van der Waals surface area (Å²) in [5, 5.41) is 0. The lowest BCUT2D eigenvalue weighted by molar-refractivity contribution is 0.210. The van der Waals surface area contributed by atoms with Crippen molar-refractivity contribution in [2.45, 2.75) is 6.54 Å². The molecule has 70 valence electrons. The van der Waals surface area contributed by atoms with Crippen LogP contribution >= 0.6 is 0 Å². The van der Waals surface area contributed by atoms with Crippen molar-refractivity contribution >= 4 is 6.09 Å². The average molecular weight is 184 g/mol. The minimum atomic E-state index is -0.972. The van der Waals surface area contributed by atoms with Crippen molar-refractivity contribution < 1.29 is 13.9 Å². The van der Waals surface area contributed by atoms with Crippen LogP contribution in [0.15, 0.2) is 18.2 Å². The van der Waals surface area contributed by atoms with Crippen molar-refractivity contribution in [1.82, 2.24) is 0 Å². The second-order valence-electron chi connectivity index (χ2n) is 2.38. The first-order chi connectivity index (χ1) is 6.13. The Labute approximate surface area is 74.3 Å². The predicted octanol–water partition coefficient (Wildman–Crippen LogP) is 0.742. The molecule has 0 saturated carbocycles. The van der Waals surface area contributed by atoms with Gasteiger partial charge in [-0.15, -0.1) is 0 Å². The summed E-state index contributed by atoms with van der Waals surface area (Å²) in [4.78, 5) is 10.3. The summed E-state index contributed by atoms with van der Waals surface area (Å²) in [7, 11) is 0. The Morgan fingerprint density at radius 2 is 2.23 bits per heavy atom. The SMILES string of the molecule is NCc1ccc(OC(N)=O)cc1F. The van der Waals surface area contributed by atoms with E-state index in [1.807, 2.05) is 0 Å². The van der Waals surface area contributed by atoms with Crippen LogP contribution in [-0.4, -0.2) is 6.09 Å². The Balaban J connectivity index is 2.89. The Morgan fingerprint density at radius 3 is 2.69 bits per heavy atom. The highest BCUT2D eigenvalue weighted by molar-refractivity contribution is 5.68. The van der Waals surface area contributed by atoms with Gasteiger partial charge in [0.1, 0.15) is 11.6 Å². The number of ether oxygens (including phenoxy) is 1. The molecular formula is C8H9FN2O2. The van der Waals surface area contributed by atoms with Crippen molar-refractivity contribution in [3.8, 4) is 5.75 Å². The molecule has 4 N–H and O–H groups in total. The Hall–Kier alpha value is -1.62. The Bertz CT molecular complexity index is 328. The Morgan fingerprint density at radius 1 is 1.54 bits per heavy atom. The molecule has 0 bridgehead atoms. The molecule has 4 nitrogen and oxygen atoms in total. The molecule has 0 unspecified atom stereocenters. The topological polar surface area (TPSA) is 78.3 Å². The van der Waals surface area contributed by atoms with E-state index in [0.29, 0.717) is 5.56 Å². The summed E-state index contributed by atoms with van der Waals surface area (Å²) in [5.41, 5.74) is 10.3. The maximum absolute atomic E-state index is 13.0. The monoisotopic (exact) mass is 184 g/mol. The molecule has 1 aromatic rings. The van der Waals surface area contributed by atoms with Gasteiger partial charge in [0.15, 0.2) is 0 Å². The molecule has 0 fully saturated rings. The van der Waals surface area contributed by atoms with Gasteiger partial charge in [0.05, 0.1) is 0 Å². The van der Waals surface area contributed by atoms with Gasteiger partial charge in [-0.25, -0.2) is 9.18 Å². The fourth-order valence-corrected chi connectivity index (χ4v) is 0.873. The van der Waals surface area contributed by atoms with E-state index < -0.39 is 11.9 Å². The van der Waals surface area contributed by atoms with Crippen LogP contribution in [0.1, 0.15) is 5.56 Å². The molecule has 0 aliphatic rings. The Kier molecular flexibility index (Phi) is 2.81. The van der Waals surface area contributed by atoms with Gasteiger partial charge in [0.2, 0.25) is 0 Å². The molecule has 0 aliphatic carbocycles. The number of nitrogens with two attached hydrogens (primary N) is 2. The maximum atomic E-state index is 13.0. The molecule has 1 aromatic carbocycles. The highest BCUT2D eigenvalue weighted by atomic mass is 19.1. The van der Waals surface area contributed by atoms with Crippen molar-refractivity contribution in [1.29, 1.82) is 0 Å². The number of hydrogen-bond acceptors (Lipinski definition) is 3. The molecule has 0 atom stereocenters. The van der Waals surface area contributed by atoms with Crippen LogP contribution in [0.4, 0.5) is 9.18 Å². The van der Waals surface area contributed by atoms with Gasteiger partial charge < -0.3 is 16.2 Å². The molecular weight excluding hydrogens is 175 g/mol. The van der Waals surface area contributed by atoms with Gasteiger partial charge >= 0.3 is 6.09 Å². The molecule has 1 rings (SSSR count). The largest absolute Gasteiger partial charge is 0.410 e. The first-order valence-electron chi connectivity index (χ1n) is 3.59. The average Bonchev–Trinajstić information content (AvgIpc) is 2.03. The number of primary amides is 1. The lowest BCUT2D eigenvalue weighted by atomic mass is 10.2. The van der Waals surface area contributed by atoms with Gasteiger partial charge in [0, 0.05) is 18.2 Å². The molecule has 0 aliphatic heterocycles.